The summed E-state index contributed by atoms with van der Waals surface area (Å²) in [6.07, 6.45) is 7.88. The molecule has 4 aliphatic carbocycles. The molecular weight excluding hydrogens is 272 g/mol. The SMILES string of the molecule is C[C@H]1C=CC(=O)[C@]2(C)CC[C@H]3[C@@H]4C(C)(C)C(=O)C[C@]4(C)C[C@]132. The first-order valence-electron chi connectivity index (χ1n) is 8.85. The van der Waals surface area contributed by atoms with Gasteiger partial charge in [0.25, 0.3) is 0 Å². The maximum atomic E-state index is 12.8. The van der Waals surface area contributed by atoms with Crippen LogP contribution in [0.2, 0.25) is 0 Å². The van der Waals surface area contributed by atoms with Crippen LogP contribution < -0.4 is 0 Å². The van der Waals surface area contributed by atoms with E-state index in [-0.39, 0.29) is 21.7 Å². The van der Waals surface area contributed by atoms with Gasteiger partial charge in [-0.3, -0.25) is 9.59 Å². The zero-order valence-electron chi connectivity index (χ0n) is 14.5. The minimum absolute atomic E-state index is 0.0796. The highest BCUT2D eigenvalue weighted by atomic mass is 16.1. The van der Waals surface area contributed by atoms with Gasteiger partial charge in [0, 0.05) is 17.3 Å². The summed E-state index contributed by atoms with van der Waals surface area (Å²) in [4.78, 5) is 25.4. The summed E-state index contributed by atoms with van der Waals surface area (Å²) in [6.45, 7) is 11.2. The lowest BCUT2D eigenvalue weighted by atomic mass is 9.52. The molecule has 0 unspecified atom stereocenters. The minimum atomic E-state index is -0.224. The van der Waals surface area contributed by atoms with Gasteiger partial charge < -0.3 is 0 Å². The maximum absolute atomic E-state index is 12.8. The summed E-state index contributed by atoms with van der Waals surface area (Å²) in [6, 6.07) is 0. The van der Waals surface area contributed by atoms with Crippen molar-refractivity contribution in [3.63, 3.8) is 0 Å². The first kappa shape index (κ1) is 14.7. The minimum Gasteiger partial charge on any atom is -0.299 e. The molecule has 0 N–H and O–H groups in total. The van der Waals surface area contributed by atoms with Crippen LogP contribution in [0, 0.1) is 39.4 Å². The maximum Gasteiger partial charge on any atom is 0.161 e. The third-order valence-corrected chi connectivity index (χ3v) is 8.45. The third-order valence-electron chi connectivity index (χ3n) is 8.45. The Kier molecular flexibility index (Phi) is 2.51. The quantitative estimate of drug-likeness (QED) is 0.672. The Labute approximate surface area is 133 Å². The van der Waals surface area contributed by atoms with Gasteiger partial charge in [0.15, 0.2) is 5.78 Å². The predicted molar refractivity (Wildman–Crippen MR) is 86.2 cm³/mol. The molecule has 4 aliphatic rings. The molecule has 4 rings (SSSR count). The molecule has 2 heteroatoms. The second-order valence-electron chi connectivity index (χ2n) is 9.66. The summed E-state index contributed by atoms with van der Waals surface area (Å²) < 4.78 is 0. The van der Waals surface area contributed by atoms with Crippen molar-refractivity contribution < 1.29 is 9.59 Å². The van der Waals surface area contributed by atoms with E-state index < -0.39 is 0 Å². The molecule has 6 atom stereocenters. The van der Waals surface area contributed by atoms with E-state index in [9.17, 15) is 9.59 Å². The number of hydrogen-bond donors (Lipinski definition) is 0. The molecule has 0 aromatic carbocycles. The number of rotatable bonds is 0. The van der Waals surface area contributed by atoms with E-state index in [0.717, 1.165) is 19.3 Å². The highest BCUT2D eigenvalue weighted by molar-refractivity contribution is 5.97. The Morgan fingerprint density at radius 1 is 1.14 bits per heavy atom. The van der Waals surface area contributed by atoms with E-state index >= 15 is 0 Å². The number of allylic oxidation sites excluding steroid dienone is 2. The van der Waals surface area contributed by atoms with E-state index in [1.807, 2.05) is 6.08 Å². The van der Waals surface area contributed by atoms with E-state index in [4.69, 9.17) is 0 Å². The van der Waals surface area contributed by atoms with E-state index in [1.54, 1.807) is 0 Å². The Balaban J connectivity index is 1.92. The summed E-state index contributed by atoms with van der Waals surface area (Å²) in [5, 5.41) is 0. The predicted octanol–water partition coefficient (Wildman–Crippen LogP) is 4.19. The molecule has 0 heterocycles. The molecule has 0 amide bonds. The van der Waals surface area contributed by atoms with Crippen LogP contribution in [-0.2, 0) is 9.59 Å². The van der Waals surface area contributed by atoms with Crippen LogP contribution >= 0.6 is 0 Å². The molecular formula is C20H28O2. The van der Waals surface area contributed by atoms with Gasteiger partial charge in [-0.1, -0.05) is 40.7 Å². The first-order chi connectivity index (χ1) is 10.1. The molecule has 0 aliphatic heterocycles. The van der Waals surface area contributed by atoms with Crippen molar-refractivity contribution in [3.05, 3.63) is 12.2 Å². The van der Waals surface area contributed by atoms with Gasteiger partial charge in [0.2, 0.25) is 0 Å². The fourth-order valence-corrected chi connectivity index (χ4v) is 7.65. The van der Waals surface area contributed by atoms with Gasteiger partial charge in [-0.05, 0) is 53.9 Å². The van der Waals surface area contributed by atoms with Crippen molar-refractivity contribution in [2.45, 2.75) is 60.3 Å². The Morgan fingerprint density at radius 2 is 1.82 bits per heavy atom. The highest BCUT2D eigenvalue weighted by Crippen LogP contribution is 2.79. The lowest BCUT2D eigenvalue weighted by molar-refractivity contribution is -0.135. The Hall–Kier alpha value is -0.920. The van der Waals surface area contributed by atoms with Gasteiger partial charge in [0.1, 0.15) is 5.78 Å². The van der Waals surface area contributed by atoms with E-state index in [1.165, 1.54) is 0 Å². The highest BCUT2D eigenvalue weighted by Gasteiger charge is 2.76. The molecule has 3 saturated carbocycles. The number of Topliss-reactive ketones (excluding diaryl/α,β-unsaturated/α-hetero) is 1. The van der Waals surface area contributed by atoms with Gasteiger partial charge >= 0.3 is 0 Å². The lowest BCUT2D eigenvalue weighted by Crippen LogP contribution is -2.50. The molecule has 0 aromatic rings. The van der Waals surface area contributed by atoms with Crippen molar-refractivity contribution >= 4 is 11.6 Å². The van der Waals surface area contributed by atoms with Crippen LogP contribution in [0.5, 0.6) is 0 Å². The molecule has 0 saturated heterocycles. The van der Waals surface area contributed by atoms with Crippen molar-refractivity contribution in [2.75, 3.05) is 0 Å². The molecule has 22 heavy (non-hydrogen) atoms. The zero-order valence-corrected chi connectivity index (χ0v) is 14.5. The van der Waals surface area contributed by atoms with Crippen LogP contribution in [-0.4, -0.2) is 11.6 Å². The van der Waals surface area contributed by atoms with Gasteiger partial charge in [-0.15, -0.1) is 0 Å². The number of carbonyl (C=O) groups is 2. The van der Waals surface area contributed by atoms with Gasteiger partial charge in [0.05, 0.1) is 0 Å². The molecule has 0 radical (unpaired) electrons. The van der Waals surface area contributed by atoms with Crippen LogP contribution in [0.4, 0.5) is 0 Å². The molecule has 3 fully saturated rings. The second kappa shape index (κ2) is 3.76. The first-order valence-corrected chi connectivity index (χ1v) is 8.85. The van der Waals surface area contributed by atoms with Crippen molar-refractivity contribution in [1.82, 2.24) is 0 Å². The average Bonchev–Trinajstić information content (AvgIpc) is 2.91. The molecule has 0 aromatic heterocycles. The van der Waals surface area contributed by atoms with Crippen molar-refractivity contribution in [1.29, 1.82) is 0 Å². The summed E-state index contributed by atoms with van der Waals surface area (Å²) in [5.41, 5.74) is -0.265. The normalized spacial score (nSPS) is 55.2. The molecule has 1 spiro atoms. The summed E-state index contributed by atoms with van der Waals surface area (Å²) in [7, 11) is 0. The standard InChI is InChI=1S/C20H28O2/c1-12-6-7-14(21)19(5)9-8-13-16-17(2,3)15(22)10-18(16,4)11-20(12,13)19/h6-7,12-13,16H,8-11H2,1-5H3/t12-,13-,16+,18+,19-,20-/m0/s1. The largest absolute Gasteiger partial charge is 0.299 e. The smallest absolute Gasteiger partial charge is 0.161 e. The average molecular weight is 300 g/mol. The van der Waals surface area contributed by atoms with Crippen molar-refractivity contribution in [3.8, 4) is 0 Å². The van der Waals surface area contributed by atoms with Crippen LogP contribution in [0.15, 0.2) is 12.2 Å². The fraction of sp³-hybridized carbons (Fsp3) is 0.800. The van der Waals surface area contributed by atoms with Gasteiger partial charge in [-0.2, -0.15) is 0 Å². The number of fused-ring (bicyclic) bond motifs is 2. The summed E-state index contributed by atoms with van der Waals surface area (Å²) in [5.74, 6) is 2.18. The Bertz CT molecular complexity index is 615. The van der Waals surface area contributed by atoms with E-state index in [0.29, 0.717) is 35.7 Å². The monoisotopic (exact) mass is 300 g/mol. The van der Waals surface area contributed by atoms with Crippen LogP contribution in [0.25, 0.3) is 0 Å². The topological polar surface area (TPSA) is 34.1 Å². The van der Waals surface area contributed by atoms with E-state index in [2.05, 4.69) is 40.7 Å². The number of hydrogen-bond acceptors (Lipinski definition) is 2. The fourth-order valence-electron chi connectivity index (χ4n) is 7.65. The lowest BCUT2D eigenvalue weighted by Gasteiger charge is -2.50. The Morgan fingerprint density at radius 3 is 2.50 bits per heavy atom. The molecule has 0 bridgehead atoms. The zero-order chi connectivity index (χ0) is 16.1. The number of carbonyl (C=O) groups excluding carboxylic acids is 2. The third kappa shape index (κ3) is 1.27. The number of ketones is 2. The molecule has 2 nitrogen and oxygen atoms in total. The van der Waals surface area contributed by atoms with Crippen LogP contribution in [0.3, 0.4) is 0 Å². The van der Waals surface area contributed by atoms with Crippen molar-refractivity contribution in [2.24, 2.45) is 39.4 Å². The summed E-state index contributed by atoms with van der Waals surface area (Å²) >= 11 is 0. The molecule has 120 valence electrons. The second-order valence-corrected chi connectivity index (χ2v) is 9.66. The van der Waals surface area contributed by atoms with Crippen LogP contribution in [0.1, 0.15) is 60.3 Å². The van der Waals surface area contributed by atoms with Gasteiger partial charge in [-0.25, -0.2) is 0 Å².